The van der Waals surface area contributed by atoms with E-state index in [1.165, 1.54) is 12.0 Å². The fourth-order valence-corrected chi connectivity index (χ4v) is 3.24. The Morgan fingerprint density at radius 3 is 2.53 bits per heavy atom. The molecular weight excluding hydrogens is 236 g/mol. The van der Waals surface area contributed by atoms with Gasteiger partial charge in [0.25, 0.3) is 0 Å². The van der Waals surface area contributed by atoms with Crippen LogP contribution in [0.5, 0.6) is 5.75 Å². The Morgan fingerprint density at radius 1 is 1.21 bits per heavy atom. The molecule has 1 aromatic carbocycles. The smallest absolute Gasteiger partial charge is 0.122 e. The van der Waals surface area contributed by atoms with Gasteiger partial charge in [0, 0.05) is 6.42 Å². The van der Waals surface area contributed by atoms with Gasteiger partial charge in [-0.1, -0.05) is 44.4 Å². The molecule has 0 radical (unpaired) electrons. The molecule has 2 heteroatoms. The van der Waals surface area contributed by atoms with Gasteiger partial charge in [0.2, 0.25) is 0 Å². The van der Waals surface area contributed by atoms with Gasteiger partial charge in [-0.2, -0.15) is 0 Å². The highest BCUT2D eigenvalue weighted by atomic mass is 16.5. The maximum atomic E-state index is 11.1. The molecule has 0 amide bonds. The van der Waals surface area contributed by atoms with Gasteiger partial charge in [-0.3, -0.25) is 0 Å². The van der Waals surface area contributed by atoms with Crippen LogP contribution in [0.1, 0.15) is 50.7 Å². The summed E-state index contributed by atoms with van der Waals surface area (Å²) in [5.74, 6) is 0.889. The summed E-state index contributed by atoms with van der Waals surface area (Å²) in [6.07, 6.45) is 5.01. The quantitative estimate of drug-likeness (QED) is 0.896. The van der Waals surface area contributed by atoms with Gasteiger partial charge < -0.3 is 9.84 Å². The van der Waals surface area contributed by atoms with Gasteiger partial charge >= 0.3 is 0 Å². The van der Waals surface area contributed by atoms with E-state index in [4.69, 9.17) is 4.74 Å². The second-order valence-electron chi connectivity index (χ2n) is 6.61. The average molecular weight is 262 g/mol. The molecule has 106 valence electrons. The molecule has 1 N–H and O–H groups in total. The van der Waals surface area contributed by atoms with Crippen LogP contribution in [0.15, 0.2) is 18.2 Å². The number of hydrogen-bond donors (Lipinski definition) is 1. The summed E-state index contributed by atoms with van der Waals surface area (Å²) in [4.78, 5) is 0. The number of ether oxygens (including phenoxy) is 1. The molecule has 1 aliphatic carbocycles. The molecule has 0 heterocycles. The first-order chi connectivity index (χ1) is 8.88. The molecule has 0 bridgehead atoms. The lowest BCUT2D eigenvalue weighted by atomic mass is 9.63. The zero-order valence-electron chi connectivity index (χ0n) is 12.6. The minimum atomic E-state index is -0.619. The van der Waals surface area contributed by atoms with Crippen molar-refractivity contribution >= 4 is 0 Å². The Kier molecular flexibility index (Phi) is 3.91. The minimum Gasteiger partial charge on any atom is -0.496 e. The van der Waals surface area contributed by atoms with Crippen molar-refractivity contribution < 1.29 is 9.84 Å². The third-order valence-corrected chi connectivity index (χ3v) is 4.82. The van der Waals surface area contributed by atoms with Crippen molar-refractivity contribution in [3.05, 3.63) is 29.3 Å². The standard InChI is InChI=1S/C17H26O2/c1-13-7-8-15(19-4)14(11-13)12-17(18)10-6-5-9-16(17,2)3/h7-8,11,18H,5-6,9-10,12H2,1-4H3. The highest BCUT2D eigenvalue weighted by Crippen LogP contribution is 2.46. The number of rotatable bonds is 3. The Hall–Kier alpha value is -1.02. The van der Waals surface area contributed by atoms with Crippen molar-refractivity contribution in [1.29, 1.82) is 0 Å². The topological polar surface area (TPSA) is 29.5 Å². The maximum Gasteiger partial charge on any atom is 0.122 e. The van der Waals surface area contributed by atoms with Gasteiger partial charge in [-0.05, 0) is 36.8 Å². The Labute approximate surface area is 116 Å². The SMILES string of the molecule is COc1ccc(C)cc1CC1(O)CCCCC1(C)C. The molecule has 1 atom stereocenters. The third kappa shape index (κ3) is 2.79. The second-order valence-corrected chi connectivity index (χ2v) is 6.61. The summed E-state index contributed by atoms with van der Waals surface area (Å²) in [5.41, 5.74) is 1.69. The van der Waals surface area contributed by atoms with E-state index in [1.807, 2.05) is 6.07 Å². The number of aliphatic hydroxyl groups is 1. The monoisotopic (exact) mass is 262 g/mol. The van der Waals surface area contributed by atoms with E-state index in [0.29, 0.717) is 6.42 Å². The largest absolute Gasteiger partial charge is 0.496 e. The third-order valence-electron chi connectivity index (χ3n) is 4.82. The summed E-state index contributed by atoms with van der Waals surface area (Å²) in [7, 11) is 1.70. The van der Waals surface area contributed by atoms with Gasteiger partial charge in [0.05, 0.1) is 12.7 Å². The van der Waals surface area contributed by atoms with E-state index in [2.05, 4.69) is 32.9 Å². The molecule has 0 spiro atoms. The Balaban J connectivity index is 2.31. The first kappa shape index (κ1) is 14.4. The van der Waals surface area contributed by atoms with E-state index in [0.717, 1.165) is 30.6 Å². The van der Waals surface area contributed by atoms with Crippen LogP contribution in [0.4, 0.5) is 0 Å². The summed E-state index contributed by atoms with van der Waals surface area (Å²) in [6, 6.07) is 6.20. The summed E-state index contributed by atoms with van der Waals surface area (Å²) >= 11 is 0. The summed E-state index contributed by atoms with van der Waals surface area (Å²) < 4.78 is 5.44. The zero-order chi connectivity index (χ0) is 14.1. The number of hydrogen-bond acceptors (Lipinski definition) is 2. The lowest BCUT2D eigenvalue weighted by molar-refractivity contribution is -0.0960. The first-order valence-corrected chi connectivity index (χ1v) is 7.24. The van der Waals surface area contributed by atoms with Crippen LogP contribution >= 0.6 is 0 Å². The maximum absolute atomic E-state index is 11.1. The molecule has 1 saturated carbocycles. The van der Waals surface area contributed by atoms with Crippen molar-refractivity contribution in [3.8, 4) is 5.75 Å². The highest BCUT2D eigenvalue weighted by Gasteiger charge is 2.45. The van der Waals surface area contributed by atoms with Gasteiger partial charge in [0.15, 0.2) is 0 Å². The predicted octanol–water partition coefficient (Wildman–Crippen LogP) is 3.88. The fourth-order valence-electron chi connectivity index (χ4n) is 3.24. The second kappa shape index (κ2) is 5.16. The van der Waals surface area contributed by atoms with Gasteiger partial charge in [-0.25, -0.2) is 0 Å². The Bertz CT molecular complexity index is 451. The molecule has 1 unspecified atom stereocenters. The van der Waals surface area contributed by atoms with Gasteiger partial charge in [0.1, 0.15) is 5.75 Å². The van der Waals surface area contributed by atoms with Crippen LogP contribution in [0, 0.1) is 12.3 Å². The van der Waals surface area contributed by atoms with Crippen LogP contribution in [-0.4, -0.2) is 17.8 Å². The van der Waals surface area contributed by atoms with E-state index in [1.54, 1.807) is 7.11 Å². The fraction of sp³-hybridized carbons (Fsp3) is 0.647. The van der Waals surface area contributed by atoms with Crippen molar-refractivity contribution in [3.63, 3.8) is 0 Å². The molecule has 1 fully saturated rings. The van der Waals surface area contributed by atoms with Crippen LogP contribution in [-0.2, 0) is 6.42 Å². The molecule has 2 nitrogen and oxygen atoms in total. The Morgan fingerprint density at radius 2 is 1.89 bits per heavy atom. The van der Waals surface area contributed by atoms with Gasteiger partial charge in [-0.15, -0.1) is 0 Å². The van der Waals surface area contributed by atoms with E-state index in [-0.39, 0.29) is 5.41 Å². The summed E-state index contributed by atoms with van der Waals surface area (Å²) in [6.45, 7) is 6.46. The van der Waals surface area contributed by atoms with Crippen molar-refractivity contribution in [2.45, 2.75) is 58.5 Å². The molecule has 0 aromatic heterocycles. The first-order valence-electron chi connectivity index (χ1n) is 7.24. The zero-order valence-corrected chi connectivity index (χ0v) is 12.6. The normalized spacial score (nSPS) is 26.2. The molecule has 2 rings (SSSR count). The van der Waals surface area contributed by atoms with E-state index in [9.17, 15) is 5.11 Å². The molecule has 1 aliphatic rings. The van der Waals surface area contributed by atoms with Crippen LogP contribution in [0.2, 0.25) is 0 Å². The highest BCUT2D eigenvalue weighted by molar-refractivity contribution is 5.38. The molecule has 19 heavy (non-hydrogen) atoms. The predicted molar refractivity (Wildman–Crippen MR) is 78.6 cm³/mol. The van der Waals surface area contributed by atoms with Crippen molar-refractivity contribution in [2.75, 3.05) is 7.11 Å². The number of benzene rings is 1. The van der Waals surface area contributed by atoms with Crippen LogP contribution < -0.4 is 4.74 Å². The lowest BCUT2D eigenvalue weighted by Crippen LogP contribution is -2.48. The molecule has 0 aliphatic heterocycles. The van der Waals surface area contributed by atoms with E-state index >= 15 is 0 Å². The lowest BCUT2D eigenvalue weighted by Gasteiger charge is -2.47. The number of aryl methyl sites for hydroxylation is 1. The van der Waals surface area contributed by atoms with Crippen LogP contribution in [0.3, 0.4) is 0 Å². The van der Waals surface area contributed by atoms with Crippen molar-refractivity contribution in [2.24, 2.45) is 5.41 Å². The molecule has 0 saturated heterocycles. The van der Waals surface area contributed by atoms with E-state index < -0.39 is 5.60 Å². The number of methoxy groups -OCH3 is 1. The minimum absolute atomic E-state index is 0.0278. The average Bonchev–Trinajstić information content (AvgIpc) is 2.33. The summed E-state index contributed by atoms with van der Waals surface area (Å²) in [5, 5.41) is 11.1. The molecular formula is C17H26O2. The molecule has 1 aromatic rings. The van der Waals surface area contributed by atoms with Crippen molar-refractivity contribution in [1.82, 2.24) is 0 Å². The van der Waals surface area contributed by atoms with Crippen LogP contribution in [0.25, 0.3) is 0 Å².